The highest BCUT2D eigenvalue weighted by Gasteiger charge is 2.19. The van der Waals surface area contributed by atoms with E-state index >= 15 is 0 Å². The van der Waals surface area contributed by atoms with E-state index in [1.165, 1.54) is 5.56 Å². The van der Waals surface area contributed by atoms with Crippen LogP contribution in [0.3, 0.4) is 0 Å². The number of amides is 1. The first-order chi connectivity index (χ1) is 10.1. The molecule has 1 aliphatic heterocycles. The third-order valence-corrected chi connectivity index (χ3v) is 4.10. The number of carbonyl (C=O) groups excluding carboxylic acids is 1. The monoisotopic (exact) mass is 284 g/mol. The largest absolute Gasteiger partial charge is 0.398 e. The topological polar surface area (TPSA) is 62.5 Å². The van der Waals surface area contributed by atoms with Crippen LogP contribution in [-0.4, -0.2) is 46.9 Å². The molecule has 110 valence electrons. The molecule has 2 heterocycles. The average molecular weight is 284 g/mol. The number of pyridine rings is 1. The molecule has 5 heteroatoms. The number of hydrogen-bond donors (Lipinski definition) is 1. The molecule has 3 rings (SSSR count). The number of fused-ring (bicyclic) bond motifs is 1. The lowest BCUT2D eigenvalue weighted by atomic mass is 10.1. The fourth-order valence-electron chi connectivity index (χ4n) is 2.84. The first-order valence-corrected chi connectivity index (χ1v) is 7.25. The molecule has 0 saturated carbocycles. The van der Waals surface area contributed by atoms with Gasteiger partial charge in [0.2, 0.25) is 5.91 Å². The van der Waals surface area contributed by atoms with Gasteiger partial charge in [-0.25, -0.2) is 0 Å². The zero-order chi connectivity index (χ0) is 14.8. The predicted molar refractivity (Wildman–Crippen MR) is 83.7 cm³/mol. The van der Waals surface area contributed by atoms with E-state index in [1.807, 2.05) is 23.1 Å². The molecule has 0 radical (unpaired) electrons. The molecule has 5 nitrogen and oxygen atoms in total. The van der Waals surface area contributed by atoms with Gasteiger partial charge in [0.1, 0.15) is 0 Å². The summed E-state index contributed by atoms with van der Waals surface area (Å²) in [4.78, 5) is 20.1. The predicted octanol–water partition coefficient (Wildman–Crippen LogP) is 1.48. The summed E-state index contributed by atoms with van der Waals surface area (Å²) in [7, 11) is 0. The molecule has 1 fully saturated rings. The zero-order valence-electron chi connectivity index (χ0n) is 12.2. The Morgan fingerprint density at radius 2 is 2.00 bits per heavy atom. The van der Waals surface area contributed by atoms with Gasteiger partial charge in [0.15, 0.2) is 0 Å². The van der Waals surface area contributed by atoms with E-state index in [0.29, 0.717) is 0 Å². The minimum absolute atomic E-state index is 0.161. The maximum atomic E-state index is 11.4. The molecule has 1 aliphatic rings. The van der Waals surface area contributed by atoms with Crippen molar-refractivity contribution in [2.45, 2.75) is 13.5 Å². The van der Waals surface area contributed by atoms with Crippen molar-refractivity contribution >= 4 is 22.5 Å². The number of rotatable bonds is 2. The summed E-state index contributed by atoms with van der Waals surface area (Å²) in [5, 5.41) is 1.01. The van der Waals surface area contributed by atoms with Crippen LogP contribution >= 0.6 is 0 Å². The molecule has 0 unspecified atom stereocenters. The van der Waals surface area contributed by atoms with Gasteiger partial charge < -0.3 is 10.6 Å². The number of benzene rings is 1. The van der Waals surface area contributed by atoms with Gasteiger partial charge in [0.25, 0.3) is 0 Å². The highest BCUT2D eigenvalue weighted by molar-refractivity contribution is 5.92. The van der Waals surface area contributed by atoms with Gasteiger partial charge in [-0.1, -0.05) is 6.07 Å². The van der Waals surface area contributed by atoms with Gasteiger partial charge in [-0.05, 0) is 23.8 Å². The molecule has 0 atom stereocenters. The Hall–Kier alpha value is -2.14. The molecule has 1 aromatic heterocycles. The van der Waals surface area contributed by atoms with Crippen molar-refractivity contribution in [2.75, 3.05) is 31.9 Å². The van der Waals surface area contributed by atoms with E-state index < -0.39 is 0 Å². The van der Waals surface area contributed by atoms with Crippen LogP contribution in [0, 0.1) is 0 Å². The lowest BCUT2D eigenvalue weighted by Gasteiger charge is -2.34. The Morgan fingerprint density at radius 3 is 2.71 bits per heavy atom. The van der Waals surface area contributed by atoms with Crippen LogP contribution < -0.4 is 5.73 Å². The van der Waals surface area contributed by atoms with E-state index in [-0.39, 0.29) is 5.91 Å². The van der Waals surface area contributed by atoms with Gasteiger partial charge in [-0.15, -0.1) is 0 Å². The molecule has 1 aromatic carbocycles. The number of piperazine rings is 1. The van der Waals surface area contributed by atoms with Crippen LogP contribution in [0.25, 0.3) is 10.9 Å². The van der Waals surface area contributed by atoms with Crippen LogP contribution in [0.1, 0.15) is 12.5 Å². The SMILES string of the molecule is CC(=O)N1CCN(Cc2ccc(N)c3cccnc23)CC1. The Balaban J connectivity index is 1.77. The second kappa shape index (κ2) is 5.69. The van der Waals surface area contributed by atoms with Crippen molar-refractivity contribution in [3.63, 3.8) is 0 Å². The van der Waals surface area contributed by atoms with Gasteiger partial charge in [-0.2, -0.15) is 0 Å². The lowest BCUT2D eigenvalue weighted by molar-refractivity contribution is -0.130. The van der Waals surface area contributed by atoms with E-state index in [2.05, 4.69) is 16.0 Å². The number of aromatic nitrogens is 1. The third-order valence-electron chi connectivity index (χ3n) is 4.10. The second-order valence-electron chi connectivity index (χ2n) is 5.50. The highest BCUT2D eigenvalue weighted by Crippen LogP contribution is 2.23. The molecule has 2 aromatic rings. The summed E-state index contributed by atoms with van der Waals surface area (Å²) in [6, 6.07) is 7.93. The van der Waals surface area contributed by atoms with E-state index in [4.69, 9.17) is 5.73 Å². The molecular formula is C16H20N4O. The number of nitrogen functional groups attached to an aromatic ring is 1. The number of hydrogen-bond acceptors (Lipinski definition) is 4. The molecule has 1 saturated heterocycles. The van der Waals surface area contributed by atoms with Gasteiger partial charge in [0, 0.05) is 56.9 Å². The number of anilines is 1. The van der Waals surface area contributed by atoms with E-state index in [9.17, 15) is 4.79 Å². The van der Waals surface area contributed by atoms with Crippen molar-refractivity contribution in [1.82, 2.24) is 14.8 Å². The summed E-state index contributed by atoms with van der Waals surface area (Å²) in [5.74, 6) is 0.161. The van der Waals surface area contributed by atoms with Gasteiger partial charge >= 0.3 is 0 Å². The fraction of sp³-hybridized carbons (Fsp3) is 0.375. The van der Waals surface area contributed by atoms with Crippen LogP contribution in [0.2, 0.25) is 0 Å². The van der Waals surface area contributed by atoms with Crippen LogP contribution in [-0.2, 0) is 11.3 Å². The fourth-order valence-corrected chi connectivity index (χ4v) is 2.84. The first kappa shape index (κ1) is 13.8. The molecule has 0 spiro atoms. The maximum absolute atomic E-state index is 11.4. The quantitative estimate of drug-likeness (QED) is 0.849. The van der Waals surface area contributed by atoms with E-state index in [0.717, 1.165) is 49.3 Å². The second-order valence-corrected chi connectivity index (χ2v) is 5.50. The minimum atomic E-state index is 0.161. The van der Waals surface area contributed by atoms with Gasteiger partial charge in [0.05, 0.1) is 5.52 Å². The number of nitrogens with two attached hydrogens (primary N) is 1. The van der Waals surface area contributed by atoms with Crippen molar-refractivity contribution in [3.8, 4) is 0 Å². The highest BCUT2D eigenvalue weighted by atomic mass is 16.2. The first-order valence-electron chi connectivity index (χ1n) is 7.25. The summed E-state index contributed by atoms with van der Waals surface area (Å²) < 4.78 is 0. The Morgan fingerprint density at radius 1 is 1.24 bits per heavy atom. The average Bonchev–Trinajstić information content (AvgIpc) is 2.51. The van der Waals surface area contributed by atoms with Crippen molar-refractivity contribution in [1.29, 1.82) is 0 Å². The summed E-state index contributed by atoms with van der Waals surface area (Å²) in [6.45, 7) is 5.88. The Bertz CT molecular complexity index is 662. The van der Waals surface area contributed by atoms with Crippen LogP contribution in [0.4, 0.5) is 5.69 Å². The van der Waals surface area contributed by atoms with Crippen LogP contribution in [0.15, 0.2) is 30.5 Å². The van der Waals surface area contributed by atoms with Crippen molar-refractivity contribution in [3.05, 3.63) is 36.0 Å². The van der Waals surface area contributed by atoms with Crippen LogP contribution in [0.5, 0.6) is 0 Å². The number of nitrogens with zero attached hydrogens (tertiary/aromatic N) is 3. The summed E-state index contributed by atoms with van der Waals surface area (Å²) in [6.07, 6.45) is 1.80. The standard InChI is InChI=1S/C16H20N4O/c1-12(21)20-9-7-19(8-10-20)11-13-4-5-15(17)14-3-2-6-18-16(13)14/h2-6H,7-11,17H2,1H3. The molecule has 0 aliphatic carbocycles. The summed E-state index contributed by atoms with van der Waals surface area (Å²) in [5.41, 5.74) is 8.95. The van der Waals surface area contributed by atoms with E-state index in [1.54, 1.807) is 13.1 Å². The van der Waals surface area contributed by atoms with Gasteiger partial charge in [-0.3, -0.25) is 14.7 Å². The minimum Gasteiger partial charge on any atom is -0.398 e. The third kappa shape index (κ3) is 2.83. The summed E-state index contributed by atoms with van der Waals surface area (Å²) >= 11 is 0. The molecule has 1 amide bonds. The van der Waals surface area contributed by atoms with Crippen molar-refractivity contribution in [2.24, 2.45) is 0 Å². The smallest absolute Gasteiger partial charge is 0.219 e. The van der Waals surface area contributed by atoms with Crippen molar-refractivity contribution < 1.29 is 4.79 Å². The zero-order valence-corrected chi connectivity index (χ0v) is 12.2. The Labute approximate surface area is 124 Å². The molecule has 0 bridgehead atoms. The molecule has 21 heavy (non-hydrogen) atoms. The molecular weight excluding hydrogens is 264 g/mol. The normalized spacial score (nSPS) is 16.3. The number of carbonyl (C=O) groups is 1. The molecule has 2 N–H and O–H groups in total. The maximum Gasteiger partial charge on any atom is 0.219 e. The Kier molecular flexibility index (Phi) is 3.75. The lowest BCUT2D eigenvalue weighted by Crippen LogP contribution is -2.47.